The molecule has 3 atom stereocenters. The Morgan fingerprint density at radius 3 is 1.43 bits per heavy atom. The smallest absolute Gasteiger partial charge is 0.306 e. The fraction of sp³-hybridized carbons (Fsp3) is 0.800. The van der Waals surface area contributed by atoms with Gasteiger partial charge in [0.15, 0.2) is 0 Å². The Morgan fingerprint density at radius 1 is 0.536 bits per heavy atom. The van der Waals surface area contributed by atoms with Gasteiger partial charge in [0.2, 0.25) is 5.91 Å². The van der Waals surface area contributed by atoms with Crippen LogP contribution in [0.4, 0.5) is 0 Å². The van der Waals surface area contributed by atoms with E-state index in [-0.39, 0.29) is 24.9 Å². The summed E-state index contributed by atoms with van der Waals surface area (Å²) in [4.78, 5) is 26.0. The van der Waals surface area contributed by atoms with Crippen molar-refractivity contribution in [2.45, 2.75) is 251 Å². The minimum atomic E-state index is -0.799. The summed E-state index contributed by atoms with van der Waals surface area (Å²) in [5.41, 5.74) is 0. The number of esters is 1. The molecule has 0 aromatic heterocycles. The van der Waals surface area contributed by atoms with Gasteiger partial charge in [0.1, 0.15) is 6.10 Å². The number of aliphatic hydroxyl groups excluding tert-OH is 2. The lowest BCUT2D eigenvalue weighted by molar-refractivity contribution is -0.151. The molecule has 0 bridgehead atoms. The number of aliphatic hydroxyl groups is 2. The second-order valence-electron chi connectivity index (χ2n) is 16.1. The first-order valence-electron chi connectivity index (χ1n) is 23.9. The average molecular weight is 786 g/mol. The van der Waals surface area contributed by atoms with Crippen molar-refractivity contribution in [2.24, 2.45) is 0 Å². The Bertz CT molecular complexity index is 972. The van der Waals surface area contributed by atoms with Crippen molar-refractivity contribution in [2.75, 3.05) is 6.61 Å². The predicted octanol–water partition coefficient (Wildman–Crippen LogP) is 13.9. The van der Waals surface area contributed by atoms with Crippen molar-refractivity contribution in [3.05, 3.63) is 48.6 Å². The fourth-order valence-electron chi connectivity index (χ4n) is 7.07. The van der Waals surface area contributed by atoms with Crippen molar-refractivity contribution >= 4 is 11.9 Å². The maximum atomic E-state index is 13.1. The zero-order valence-electron chi connectivity index (χ0n) is 37.0. The van der Waals surface area contributed by atoms with Gasteiger partial charge in [-0.15, -0.1) is 0 Å². The van der Waals surface area contributed by atoms with Gasteiger partial charge in [0.05, 0.1) is 25.2 Å². The van der Waals surface area contributed by atoms with Gasteiger partial charge in [-0.25, -0.2) is 0 Å². The molecule has 3 unspecified atom stereocenters. The van der Waals surface area contributed by atoms with Gasteiger partial charge in [-0.1, -0.05) is 211 Å². The van der Waals surface area contributed by atoms with E-state index in [4.69, 9.17) is 4.74 Å². The first-order chi connectivity index (χ1) is 27.5. The lowest BCUT2D eigenvalue weighted by Gasteiger charge is -2.24. The van der Waals surface area contributed by atoms with E-state index in [2.05, 4.69) is 74.7 Å². The van der Waals surface area contributed by atoms with Gasteiger partial charge in [-0.05, 0) is 57.8 Å². The summed E-state index contributed by atoms with van der Waals surface area (Å²) in [6.07, 6.45) is 51.7. The first-order valence-corrected chi connectivity index (χ1v) is 23.9. The van der Waals surface area contributed by atoms with Gasteiger partial charge < -0.3 is 20.3 Å². The second-order valence-corrected chi connectivity index (χ2v) is 16.1. The average Bonchev–Trinajstić information content (AvgIpc) is 3.19. The summed E-state index contributed by atoms with van der Waals surface area (Å²) < 4.78 is 5.88. The van der Waals surface area contributed by atoms with Crippen LogP contribution in [-0.2, 0) is 14.3 Å². The molecule has 1 amide bonds. The number of ether oxygens (including phenoxy) is 1. The molecule has 3 N–H and O–H groups in total. The van der Waals surface area contributed by atoms with Crippen LogP contribution in [0.25, 0.3) is 0 Å². The van der Waals surface area contributed by atoms with E-state index in [0.29, 0.717) is 19.3 Å². The van der Waals surface area contributed by atoms with Gasteiger partial charge in [0, 0.05) is 6.42 Å². The maximum Gasteiger partial charge on any atom is 0.306 e. The number of amides is 1. The quantitative estimate of drug-likeness (QED) is 0.0325. The van der Waals surface area contributed by atoms with E-state index >= 15 is 0 Å². The van der Waals surface area contributed by atoms with E-state index in [0.717, 1.165) is 77.0 Å². The Labute approximate surface area is 346 Å². The lowest BCUT2D eigenvalue weighted by atomic mass is 10.0. The number of allylic oxidation sites excluding steroid dienone is 8. The normalized spacial score (nSPS) is 13.7. The molecule has 0 aromatic rings. The Hall–Kier alpha value is -2.18. The Balaban J connectivity index is 4.68. The molecule has 0 aromatic carbocycles. The molecule has 0 spiro atoms. The molecular formula is C50H91NO5. The molecule has 0 aliphatic heterocycles. The molecule has 0 aliphatic rings. The summed E-state index contributed by atoms with van der Waals surface area (Å²) in [6.45, 7) is 6.34. The van der Waals surface area contributed by atoms with E-state index < -0.39 is 18.2 Å². The lowest BCUT2D eigenvalue weighted by Crippen LogP contribution is -2.46. The van der Waals surface area contributed by atoms with Crippen LogP contribution >= 0.6 is 0 Å². The van der Waals surface area contributed by atoms with Crippen LogP contribution < -0.4 is 5.32 Å². The third-order valence-corrected chi connectivity index (χ3v) is 10.7. The summed E-state index contributed by atoms with van der Waals surface area (Å²) in [5.74, 6) is -0.526. The number of hydrogen-bond acceptors (Lipinski definition) is 5. The largest absolute Gasteiger partial charge is 0.462 e. The molecule has 0 fully saturated rings. The monoisotopic (exact) mass is 786 g/mol. The molecule has 0 aliphatic carbocycles. The summed E-state index contributed by atoms with van der Waals surface area (Å²) in [5, 5.41) is 23.7. The molecule has 6 nitrogen and oxygen atoms in total. The van der Waals surface area contributed by atoms with Gasteiger partial charge in [0.25, 0.3) is 0 Å². The maximum absolute atomic E-state index is 13.1. The SMILES string of the molecule is CC/C=C/C/C=C/C/C=C/C/C=C/CCCC(CC(=O)NC(CO)C(O)CCCCCCCCCCCCCC)OC(=O)CCCCCCCCCCCCC. The number of hydrogen-bond donors (Lipinski definition) is 3. The first kappa shape index (κ1) is 53.8. The molecule has 0 rings (SSSR count). The molecule has 6 heteroatoms. The predicted molar refractivity (Wildman–Crippen MR) is 241 cm³/mol. The molecule has 0 saturated heterocycles. The topological polar surface area (TPSA) is 95.9 Å². The van der Waals surface area contributed by atoms with Crippen LogP contribution in [0, 0.1) is 0 Å². The van der Waals surface area contributed by atoms with Crippen LogP contribution in [0.1, 0.15) is 233 Å². The molecule has 0 saturated carbocycles. The van der Waals surface area contributed by atoms with Gasteiger partial charge >= 0.3 is 5.97 Å². The van der Waals surface area contributed by atoms with Crippen molar-refractivity contribution < 1.29 is 24.5 Å². The second kappa shape index (κ2) is 43.9. The van der Waals surface area contributed by atoms with Gasteiger partial charge in [-0.3, -0.25) is 9.59 Å². The Kier molecular flexibility index (Phi) is 42.2. The van der Waals surface area contributed by atoms with Crippen molar-refractivity contribution in [1.82, 2.24) is 5.32 Å². The summed E-state index contributed by atoms with van der Waals surface area (Å²) in [7, 11) is 0. The summed E-state index contributed by atoms with van der Waals surface area (Å²) >= 11 is 0. The summed E-state index contributed by atoms with van der Waals surface area (Å²) in [6, 6.07) is -0.715. The zero-order valence-corrected chi connectivity index (χ0v) is 37.0. The van der Waals surface area contributed by atoms with E-state index in [1.165, 1.54) is 109 Å². The van der Waals surface area contributed by atoms with Gasteiger partial charge in [-0.2, -0.15) is 0 Å². The highest BCUT2D eigenvalue weighted by atomic mass is 16.5. The molecular weight excluding hydrogens is 695 g/mol. The van der Waals surface area contributed by atoms with E-state index in [1.807, 2.05) is 0 Å². The third-order valence-electron chi connectivity index (χ3n) is 10.7. The van der Waals surface area contributed by atoms with Crippen LogP contribution in [0.5, 0.6) is 0 Å². The third kappa shape index (κ3) is 38.7. The minimum Gasteiger partial charge on any atom is -0.462 e. The zero-order chi connectivity index (χ0) is 41.0. The van der Waals surface area contributed by atoms with Crippen LogP contribution in [0.15, 0.2) is 48.6 Å². The van der Waals surface area contributed by atoms with Crippen molar-refractivity contribution in [3.8, 4) is 0 Å². The number of carbonyl (C=O) groups is 2. The number of unbranched alkanes of at least 4 members (excludes halogenated alkanes) is 22. The molecule has 0 heterocycles. The highest BCUT2D eigenvalue weighted by molar-refractivity contribution is 5.77. The fourth-order valence-corrected chi connectivity index (χ4v) is 7.07. The highest BCUT2D eigenvalue weighted by Crippen LogP contribution is 2.17. The number of nitrogens with one attached hydrogen (secondary N) is 1. The number of carbonyl (C=O) groups excluding carboxylic acids is 2. The van der Waals surface area contributed by atoms with Crippen LogP contribution in [-0.4, -0.2) is 46.9 Å². The minimum absolute atomic E-state index is 0.0417. The standard InChI is InChI=1S/C50H91NO5/c1-4-7-10-13-16-19-22-24-25-27-29-32-35-38-41-46(56-50(55)43-40-37-34-31-26-21-18-15-12-9-6-3)44-49(54)51-47(45-52)48(53)42-39-36-33-30-28-23-20-17-14-11-8-5-2/h7,10,16,19,24-25,29,32,46-48,52-53H,4-6,8-9,11-15,17-18,20-23,26-28,30-31,33-45H2,1-3H3,(H,51,54)/b10-7+,19-16+,25-24+,32-29+. The molecule has 326 valence electrons. The highest BCUT2D eigenvalue weighted by Gasteiger charge is 2.24. The van der Waals surface area contributed by atoms with Crippen LogP contribution in [0.3, 0.4) is 0 Å². The van der Waals surface area contributed by atoms with Crippen LogP contribution in [0.2, 0.25) is 0 Å². The molecule has 56 heavy (non-hydrogen) atoms. The van der Waals surface area contributed by atoms with E-state index in [9.17, 15) is 19.8 Å². The van der Waals surface area contributed by atoms with E-state index in [1.54, 1.807) is 0 Å². The van der Waals surface area contributed by atoms with Crippen molar-refractivity contribution in [3.63, 3.8) is 0 Å². The molecule has 0 radical (unpaired) electrons. The number of rotatable bonds is 42. The van der Waals surface area contributed by atoms with Crippen molar-refractivity contribution in [1.29, 1.82) is 0 Å². The Morgan fingerprint density at radius 2 is 0.964 bits per heavy atom.